The smallest absolute Gasteiger partial charge is 0.0580 e. The standard InChI is InChI=1S/C19H20N2/c1-3-14-7-9-15(10-8-14)19(20-2)18-6-4-5-16-13-21-12-11-17(16)18/h4-13,19-20H,3H2,1-2H3. The Hall–Kier alpha value is -2.19. The van der Waals surface area contributed by atoms with E-state index in [4.69, 9.17) is 0 Å². The van der Waals surface area contributed by atoms with Gasteiger partial charge in [0.05, 0.1) is 6.04 Å². The van der Waals surface area contributed by atoms with Gasteiger partial charge in [0.25, 0.3) is 0 Å². The van der Waals surface area contributed by atoms with E-state index in [2.05, 4.69) is 65.8 Å². The van der Waals surface area contributed by atoms with Crippen LogP contribution in [0.3, 0.4) is 0 Å². The van der Waals surface area contributed by atoms with Crippen LogP contribution in [0.15, 0.2) is 60.9 Å². The SMILES string of the molecule is CCc1ccc(C(NC)c2cccc3cnccc23)cc1. The van der Waals surface area contributed by atoms with Crippen molar-refractivity contribution >= 4 is 10.8 Å². The highest BCUT2D eigenvalue weighted by atomic mass is 14.9. The van der Waals surface area contributed by atoms with Crippen LogP contribution in [0.5, 0.6) is 0 Å². The molecule has 3 rings (SSSR count). The molecule has 3 aromatic rings. The highest BCUT2D eigenvalue weighted by molar-refractivity contribution is 5.85. The van der Waals surface area contributed by atoms with Crippen LogP contribution in [0.4, 0.5) is 0 Å². The van der Waals surface area contributed by atoms with Crippen LogP contribution >= 0.6 is 0 Å². The second-order valence-electron chi connectivity index (χ2n) is 5.26. The van der Waals surface area contributed by atoms with Gasteiger partial charge in [0.2, 0.25) is 0 Å². The first kappa shape index (κ1) is 13.8. The Bertz CT molecular complexity index is 727. The Morgan fingerprint density at radius 2 is 1.86 bits per heavy atom. The van der Waals surface area contributed by atoms with Gasteiger partial charge in [-0.25, -0.2) is 0 Å². The zero-order valence-corrected chi connectivity index (χ0v) is 12.5. The number of benzene rings is 2. The number of nitrogens with zero attached hydrogens (tertiary/aromatic N) is 1. The molecule has 0 bridgehead atoms. The van der Waals surface area contributed by atoms with Crippen molar-refractivity contribution in [2.45, 2.75) is 19.4 Å². The molecule has 21 heavy (non-hydrogen) atoms. The molecule has 106 valence electrons. The van der Waals surface area contributed by atoms with E-state index in [0.717, 1.165) is 6.42 Å². The molecule has 0 saturated heterocycles. The fourth-order valence-electron chi connectivity index (χ4n) is 2.85. The van der Waals surface area contributed by atoms with Crippen LogP contribution in [0.1, 0.15) is 29.7 Å². The molecule has 0 saturated carbocycles. The van der Waals surface area contributed by atoms with E-state index in [1.807, 2.05) is 19.4 Å². The molecule has 0 aliphatic carbocycles. The summed E-state index contributed by atoms with van der Waals surface area (Å²) in [6.07, 6.45) is 4.86. The third-order valence-electron chi connectivity index (χ3n) is 4.04. The molecule has 0 radical (unpaired) electrons. The van der Waals surface area contributed by atoms with Gasteiger partial charge in [-0.05, 0) is 41.6 Å². The number of hydrogen-bond acceptors (Lipinski definition) is 2. The molecular weight excluding hydrogens is 256 g/mol. The van der Waals surface area contributed by atoms with Crippen LogP contribution in [0.25, 0.3) is 10.8 Å². The van der Waals surface area contributed by atoms with Crippen LogP contribution in [0, 0.1) is 0 Å². The number of rotatable bonds is 4. The van der Waals surface area contributed by atoms with E-state index in [9.17, 15) is 0 Å². The van der Waals surface area contributed by atoms with Gasteiger partial charge in [0.15, 0.2) is 0 Å². The average molecular weight is 276 g/mol. The minimum absolute atomic E-state index is 0.196. The summed E-state index contributed by atoms with van der Waals surface area (Å²) in [4.78, 5) is 4.21. The van der Waals surface area contributed by atoms with Gasteiger partial charge in [-0.3, -0.25) is 4.98 Å². The second-order valence-corrected chi connectivity index (χ2v) is 5.26. The summed E-state index contributed by atoms with van der Waals surface area (Å²) in [5, 5.41) is 5.88. The summed E-state index contributed by atoms with van der Waals surface area (Å²) >= 11 is 0. The first-order valence-electron chi connectivity index (χ1n) is 7.42. The van der Waals surface area contributed by atoms with Crippen molar-refractivity contribution in [1.29, 1.82) is 0 Å². The monoisotopic (exact) mass is 276 g/mol. The van der Waals surface area contributed by atoms with E-state index in [-0.39, 0.29) is 6.04 Å². The van der Waals surface area contributed by atoms with Crippen LogP contribution in [-0.2, 0) is 6.42 Å². The normalized spacial score (nSPS) is 12.5. The largest absolute Gasteiger partial charge is 0.309 e. The third kappa shape index (κ3) is 2.67. The molecule has 0 aliphatic rings. The molecular formula is C19H20N2. The topological polar surface area (TPSA) is 24.9 Å². The highest BCUT2D eigenvalue weighted by Crippen LogP contribution is 2.28. The quantitative estimate of drug-likeness (QED) is 0.776. The maximum atomic E-state index is 4.21. The van der Waals surface area contributed by atoms with Crippen molar-refractivity contribution in [1.82, 2.24) is 10.3 Å². The van der Waals surface area contributed by atoms with Crippen molar-refractivity contribution < 1.29 is 0 Å². The summed E-state index contributed by atoms with van der Waals surface area (Å²) in [6, 6.07) is 17.6. The van der Waals surface area contributed by atoms with E-state index in [0.29, 0.717) is 0 Å². The molecule has 2 nitrogen and oxygen atoms in total. The highest BCUT2D eigenvalue weighted by Gasteiger charge is 2.14. The average Bonchev–Trinajstić information content (AvgIpc) is 2.56. The van der Waals surface area contributed by atoms with E-state index < -0.39 is 0 Å². The Morgan fingerprint density at radius 1 is 1.05 bits per heavy atom. The van der Waals surface area contributed by atoms with E-state index in [1.54, 1.807) is 0 Å². The predicted molar refractivity (Wildman–Crippen MR) is 88.5 cm³/mol. The molecule has 1 N–H and O–H groups in total. The maximum absolute atomic E-state index is 4.21. The second kappa shape index (κ2) is 6.06. The molecule has 2 aromatic carbocycles. The Morgan fingerprint density at radius 3 is 2.57 bits per heavy atom. The molecule has 1 aromatic heterocycles. The van der Waals surface area contributed by atoms with Crippen LogP contribution in [-0.4, -0.2) is 12.0 Å². The Labute approximate surface area is 125 Å². The lowest BCUT2D eigenvalue weighted by atomic mass is 9.94. The van der Waals surface area contributed by atoms with Crippen LogP contribution < -0.4 is 5.32 Å². The van der Waals surface area contributed by atoms with Crippen molar-refractivity contribution in [2.75, 3.05) is 7.05 Å². The molecule has 0 amide bonds. The summed E-state index contributed by atoms with van der Waals surface area (Å²) in [7, 11) is 2.01. The Kier molecular flexibility index (Phi) is 3.98. The van der Waals surface area contributed by atoms with Crippen molar-refractivity contribution in [3.63, 3.8) is 0 Å². The zero-order chi connectivity index (χ0) is 14.7. The molecule has 1 unspecified atom stereocenters. The van der Waals surface area contributed by atoms with E-state index >= 15 is 0 Å². The van der Waals surface area contributed by atoms with Gasteiger partial charge in [0, 0.05) is 17.8 Å². The number of nitrogens with one attached hydrogen (secondary N) is 1. The van der Waals surface area contributed by atoms with Gasteiger partial charge < -0.3 is 5.32 Å². The fourth-order valence-corrected chi connectivity index (χ4v) is 2.85. The van der Waals surface area contributed by atoms with Crippen LogP contribution in [0.2, 0.25) is 0 Å². The predicted octanol–water partition coefficient (Wildman–Crippen LogP) is 4.11. The zero-order valence-electron chi connectivity index (χ0n) is 12.5. The van der Waals surface area contributed by atoms with Gasteiger partial charge in [0.1, 0.15) is 0 Å². The third-order valence-corrected chi connectivity index (χ3v) is 4.04. The van der Waals surface area contributed by atoms with Gasteiger partial charge in [-0.15, -0.1) is 0 Å². The first-order valence-corrected chi connectivity index (χ1v) is 7.42. The van der Waals surface area contributed by atoms with Gasteiger partial charge >= 0.3 is 0 Å². The lowest BCUT2D eigenvalue weighted by Gasteiger charge is -2.19. The number of hydrogen-bond donors (Lipinski definition) is 1. The van der Waals surface area contributed by atoms with Gasteiger partial charge in [-0.2, -0.15) is 0 Å². The number of pyridine rings is 1. The van der Waals surface area contributed by atoms with Crippen molar-refractivity contribution in [3.8, 4) is 0 Å². The van der Waals surface area contributed by atoms with Gasteiger partial charge in [-0.1, -0.05) is 49.4 Å². The van der Waals surface area contributed by atoms with Crippen molar-refractivity contribution in [2.24, 2.45) is 0 Å². The van der Waals surface area contributed by atoms with Crippen molar-refractivity contribution in [3.05, 3.63) is 77.6 Å². The Balaban J connectivity index is 2.09. The molecule has 1 atom stereocenters. The summed E-state index contributed by atoms with van der Waals surface area (Å²) < 4.78 is 0. The summed E-state index contributed by atoms with van der Waals surface area (Å²) in [6.45, 7) is 2.18. The molecule has 1 heterocycles. The number of aryl methyl sites for hydroxylation is 1. The fraction of sp³-hybridized carbons (Fsp3) is 0.211. The summed E-state index contributed by atoms with van der Waals surface area (Å²) in [5.74, 6) is 0. The molecule has 2 heteroatoms. The first-order chi connectivity index (χ1) is 10.3. The lowest BCUT2D eigenvalue weighted by Crippen LogP contribution is -2.18. The molecule has 0 fully saturated rings. The molecule has 0 aliphatic heterocycles. The minimum Gasteiger partial charge on any atom is -0.309 e. The maximum Gasteiger partial charge on any atom is 0.0580 e. The van der Waals surface area contributed by atoms with E-state index in [1.165, 1.54) is 27.5 Å². The summed E-state index contributed by atoms with van der Waals surface area (Å²) in [5.41, 5.74) is 3.95. The molecule has 0 spiro atoms. The number of aromatic nitrogens is 1. The number of fused-ring (bicyclic) bond motifs is 1. The lowest BCUT2D eigenvalue weighted by molar-refractivity contribution is 0.696. The minimum atomic E-state index is 0.196.